The molecule has 52 heavy (non-hydrogen) atoms. The minimum atomic E-state index is -0.385. The number of benzene rings is 4. The highest BCUT2D eigenvalue weighted by molar-refractivity contribution is 6.19. The number of piperazine rings is 1. The first-order valence-corrected chi connectivity index (χ1v) is 18.6. The number of hydrogen-bond acceptors (Lipinski definition) is 7. The van der Waals surface area contributed by atoms with E-state index in [0.717, 1.165) is 47.1 Å². The number of rotatable bonds is 7. The number of carbonyl (C=O) groups is 3. The van der Waals surface area contributed by atoms with Gasteiger partial charge in [0, 0.05) is 81.2 Å². The van der Waals surface area contributed by atoms with Gasteiger partial charge in [0.05, 0.1) is 29.6 Å². The summed E-state index contributed by atoms with van der Waals surface area (Å²) in [7, 11) is 2.04. The minimum Gasteiger partial charge on any atom is -0.493 e. The molecule has 3 amide bonds. The van der Waals surface area contributed by atoms with Gasteiger partial charge in [-0.1, -0.05) is 48.5 Å². The molecule has 2 atom stereocenters. The molecule has 0 N–H and O–H groups in total. The molecule has 0 unspecified atom stereocenters. The Bertz CT molecular complexity index is 2090. The predicted octanol–water partition coefficient (Wildman–Crippen LogP) is 6.71. The highest BCUT2D eigenvalue weighted by Crippen LogP contribution is 2.46. The standard InChI is InChI=1S/C41H42ClN5O5/c1-26-18-33-34(43-23-30-19-27-8-3-4-9-28(27)24-46(30)40(33)49)20-36(26)51-17-7-12-38(48)47-25-29(22-42)39-32-11-6-5-10-31(32)37(21-35(39)47)52-41(50)45-15-13-44(2)14-16-45/h3-6,8-11,18,20-21,23,29-30H,7,12-17,19,22,24-25H2,1-2H3/t29-,30+/m1/s1. The van der Waals surface area contributed by atoms with Gasteiger partial charge in [-0.3, -0.25) is 14.6 Å². The average molecular weight is 720 g/mol. The molecule has 268 valence electrons. The van der Waals surface area contributed by atoms with Gasteiger partial charge in [0.1, 0.15) is 11.5 Å². The molecule has 1 saturated heterocycles. The number of fused-ring (bicyclic) bond motifs is 6. The van der Waals surface area contributed by atoms with E-state index < -0.39 is 0 Å². The minimum absolute atomic E-state index is 0.0292. The van der Waals surface area contributed by atoms with Crippen molar-refractivity contribution in [1.82, 2.24) is 14.7 Å². The Morgan fingerprint density at radius 2 is 1.69 bits per heavy atom. The molecule has 4 aromatic carbocycles. The highest BCUT2D eigenvalue weighted by atomic mass is 35.5. The monoisotopic (exact) mass is 719 g/mol. The fourth-order valence-electron chi connectivity index (χ4n) is 7.88. The number of carbonyl (C=O) groups excluding carboxylic acids is 3. The van der Waals surface area contributed by atoms with Crippen molar-refractivity contribution in [3.8, 4) is 11.5 Å². The largest absolute Gasteiger partial charge is 0.493 e. The van der Waals surface area contributed by atoms with Gasteiger partial charge in [0.25, 0.3) is 5.91 Å². The lowest BCUT2D eigenvalue weighted by molar-refractivity contribution is -0.118. The Morgan fingerprint density at radius 3 is 2.48 bits per heavy atom. The van der Waals surface area contributed by atoms with Crippen molar-refractivity contribution in [2.75, 3.05) is 57.2 Å². The number of alkyl halides is 1. The number of hydrogen-bond donors (Lipinski definition) is 0. The molecule has 11 heteroatoms. The molecule has 0 aromatic heterocycles. The molecule has 10 nitrogen and oxygen atoms in total. The zero-order valence-electron chi connectivity index (χ0n) is 29.5. The Kier molecular flexibility index (Phi) is 9.36. The van der Waals surface area contributed by atoms with E-state index in [-0.39, 0.29) is 36.3 Å². The van der Waals surface area contributed by atoms with Crippen molar-refractivity contribution < 1.29 is 23.9 Å². The molecule has 0 saturated carbocycles. The van der Waals surface area contributed by atoms with Crippen molar-refractivity contribution in [3.63, 3.8) is 0 Å². The first-order chi connectivity index (χ1) is 25.3. The second kappa shape index (κ2) is 14.2. The molecule has 0 spiro atoms. The molecule has 0 bridgehead atoms. The number of ether oxygens (including phenoxy) is 2. The van der Waals surface area contributed by atoms with Gasteiger partial charge in [0.2, 0.25) is 5.91 Å². The van der Waals surface area contributed by atoms with Crippen LogP contribution in [0.2, 0.25) is 0 Å². The van der Waals surface area contributed by atoms with Crippen LogP contribution in [0.1, 0.15) is 51.4 Å². The topological polar surface area (TPSA) is 95.0 Å². The van der Waals surface area contributed by atoms with Crippen LogP contribution in [-0.4, -0.2) is 97.1 Å². The first-order valence-electron chi connectivity index (χ1n) is 18.1. The Balaban J connectivity index is 0.953. The summed E-state index contributed by atoms with van der Waals surface area (Å²) in [5.74, 6) is 1.32. The number of halogens is 1. The summed E-state index contributed by atoms with van der Waals surface area (Å²) in [5, 5.41) is 1.76. The van der Waals surface area contributed by atoms with Crippen LogP contribution >= 0.6 is 11.6 Å². The zero-order chi connectivity index (χ0) is 35.9. The smallest absolute Gasteiger partial charge is 0.415 e. The summed E-state index contributed by atoms with van der Waals surface area (Å²) in [6.07, 6.45) is 2.98. The summed E-state index contributed by atoms with van der Waals surface area (Å²) in [4.78, 5) is 53.1. The Hall–Kier alpha value is -4.93. The number of anilines is 1. The van der Waals surface area contributed by atoms with Crippen LogP contribution in [0.15, 0.2) is 71.7 Å². The third-order valence-corrected chi connectivity index (χ3v) is 11.2. The van der Waals surface area contributed by atoms with Crippen LogP contribution in [0.5, 0.6) is 11.5 Å². The number of aryl methyl sites for hydroxylation is 1. The van der Waals surface area contributed by atoms with E-state index in [0.29, 0.717) is 67.8 Å². The maximum absolute atomic E-state index is 13.8. The van der Waals surface area contributed by atoms with Gasteiger partial charge in [0.15, 0.2) is 0 Å². The number of nitrogens with zero attached hydrogens (tertiary/aromatic N) is 5. The third-order valence-electron chi connectivity index (χ3n) is 10.8. The lowest BCUT2D eigenvalue weighted by Crippen LogP contribution is -2.48. The van der Waals surface area contributed by atoms with Crippen molar-refractivity contribution in [1.29, 1.82) is 0 Å². The van der Waals surface area contributed by atoms with Gasteiger partial charge in [-0.2, -0.15) is 0 Å². The van der Waals surface area contributed by atoms with E-state index in [1.165, 1.54) is 11.1 Å². The molecule has 4 heterocycles. The second-order valence-corrected chi connectivity index (χ2v) is 14.5. The Labute approximate surface area is 308 Å². The zero-order valence-corrected chi connectivity index (χ0v) is 30.3. The molecule has 4 aliphatic rings. The fourth-order valence-corrected chi connectivity index (χ4v) is 8.13. The first kappa shape index (κ1) is 34.2. The van der Waals surface area contributed by atoms with Crippen molar-refractivity contribution >= 4 is 57.9 Å². The molecular weight excluding hydrogens is 678 g/mol. The van der Waals surface area contributed by atoms with Gasteiger partial charge >= 0.3 is 6.09 Å². The summed E-state index contributed by atoms with van der Waals surface area (Å²) < 4.78 is 12.2. The van der Waals surface area contributed by atoms with Crippen LogP contribution in [0.25, 0.3) is 10.8 Å². The van der Waals surface area contributed by atoms with Crippen molar-refractivity contribution in [2.45, 2.75) is 44.7 Å². The summed E-state index contributed by atoms with van der Waals surface area (Å²) in [6.45, 7) is 6.04. The maximum atomic E-state index is 13.8. The lowest BCUT2D eigenvalue weighted by atomic mass is 9.94. The number of likely N-dealkylation sites (N-methyl/N-ethyl adjacent to an activating group) is 1. The van der Waals surface area contributed by atoms with Gasteiger partial charge in [-0.25, -0.2) is 4.79 Å². The Morgan fingerprint density at radius 1 is 0.942 bits per heavy atom. The summed E-state index contributed by atoms with van der Waals surface area (Å²) in [6, 6.07) is 21.5. The lowest BCUT2D eigenvalue weighted by Gasteiger charge is -2.34. The predicted molar refractivity (Wildman–Crippen MR) is 203 cm³/mol. The average Bonchev–Trinajstić information content (AvgIpc) is 3.49. The highest BCUT2D eigenvalue weighted by Gasteiger charge is 2.36. The van der Waals surface area contributed by atoms with E-state index >= 15 is 0 Å². The van der Waals surface area contributed by atoms with Crippen LogP contribution in [0.4, 0.5) is 16.2 Å². The summed E-state index contributed by atoms with van der Waals surface area (Å²) >= 11 is 6.49. The van der Waals surface area contributed by atoms with Crippen molar-refractivity contribution in [2.24, 2.45) is 4.99 Å². The van der Waals surface area contributed by atoms with Gasteiger partial charge < -0.3 is 29.1 Å². The van der Waals surface area contributed by atoms with Crippen LogP contribution < -0.4 is 14.4 Å². The molecule has 1 fully saturated rings. The third kappa shape index (κ3) is 6.39. The van der Waals surface area contributed by atoms with Gasteiger partial charge in [-0.15, -0.1) is 11.6 Å². The molecular formula is C41H42ClN5O5. The molecule has 0 radical (unpaired) electrons. The molecule has 0 aliphatic carbocycles. The number of amides is 3. The van der Waals surface area contributed by atoms with E-state index in [4.69, 9.17) is 26.1 Å². The molecule has 4 aromatic rings. The van der Waals surface area contributed by atoms with E-state index in [2.05, 4.69) is 17.0 Å². The van der Waals surface area contributed by atoms with Gasteiger partial charge in [-0.05, 0) is 60.5 Å². The van der Waals surface area contributed by atoms with E-state index in [1.54, 1.807) is 9.80 Å². The SMILES string of the molecule is Cc1cc2c(cc1OCCCC(=O)N1C[C@@H](CCl)c3c1cc(OC(=O)N1CCN(C)CC1)c1ccccc31)N=C[C@@H]1Cc3ccccc3CN1C2=O. The van der Waals surface area contributed by atoms with Crippen LogP contribution in [-0.2, 0) is 17.8 Å². The second-order valence-electron chi connectivity index (χ2n) is 14.2. The molecule has 4 aliphatic heterocycles. The normalized spacial score (nSPS) is 19.5. The number of aliphatic imine (C=N–C) groups is 1. The van der Waals surface area contributed by atoms with Crippen LogP contribution in [0.3, 0.4) is 0 Å². The van der Waals surface area contributed by atoms with Crippen LogP contribution in [0, 0.1) is 6.92 Å². The van der Waals surface area contributed by atoms with E-state index in [1.807, 2.05) is 79.7 Å². The fraction of sp³-hybridized carbons (Fsp3) is 0.366. The summed E-state index contributed by atoms with van der Waals surface area (Å²) in [5.41, 5.74) is 6.17. The van der Waals surface area contributed by atoms with E-state index in [9.17, 15) is 14.4 Å². The maximum Gasteiger partial charge on any atom is 0.415 e. The van der Waals surface area contributed by atoms with Crippen molar-refractivity contribution in [3.05, 3.63) is 94.5 Å². The molecule has 8 rings (SSSR count). The quantitative estimate of drug-likeness (QED) is 0.156.